The Balaban J connectivity index is 2.45. The lowest BCUT2D eigenvalue weighted by Gasteiger charge is -2.08. The number of hydrogen-bond acceptors (Lipinski definition) is 5. The van der Waals surface area contributed by atoms with Gasteiger partial charge in [0.1, 0.15) is 5.00 Å². The van der Waals surface area contributed by atoms with Crippen LogP contribution in [0.4, 0.5) is 5.00 Å². The third-order valence-electron chi connectivity index (χ3n) is 4.13. The van der Waals surface area contributed by atoms with E-state index in [0.717, 1.165) is 22.5 Å². The van der Waals surface area contributed by atoms with Gasteiger partial charge in [-0.2, -0.15) is 0 Å². The fourth-order valence-electron chi connectivity index (χ4n) is 2.41. The molecule has 2 rings (SSSR count). The van der Waals surface area contributed by atoms with Crippen molar-refractivity contribution in [2.45, 2.75) is 20.8 Å². The van der Waals surface area contributed by atoms with Crippen LogP contribution in [0.5, 0.6) is 0 Å². The van der Waals surface area contributed by atoms with Crippen molar-refractivity contribution in [2.24, 2.45) is 0 Å². The molecule has 0 atom stereocenters. The molecule has 0 saturated carbocycles. The number of ether oxygens (including phenoxy) is 1. The van der Waals surface area contributed by atoms with E-state index >= 15 is 0 Å². The van der Waals surface area contributed by atoms with Gasteiger partial charge in [-0.3, -0.25) is 9.59 Å². The molecule has 6 nitrogen and oxygen atoms in total. The number of anilines is 1. The van der Waals surface area contributed by atoms with Gasteiger partial charge in [0.05, 0.1) is 17.6 Å². The molecule has 0 bridgehead atoms. The van der Waals surface area contributed by atoms with Crippen LogP contribution in [0.15, 0.2) is 18.2 Å². The van der Waals surface area contributed by atoms with Crippen molar-refractivity contribution in [3.05, 3.63) is 50.9 Å². The lowest BCUT2D eigenvalue weighted by Crippen LogP contribution is -2.21. The molecule has 0 unspecified atom stereocenters. The molecule has 0 aliphatic rings. The van der Waals surface area contributed by atoms with Gasteiger partial charge in [-0.25, -0.2) is 4.79 Å². The highest BCUT2D eigenvalue weighted by molar-refractivity contribution is 7.18. The number of benzene rings is 1. The number of carbonyl (C=O) groups is 3. The number of esters is 1. The predicted molar refractivity (Wildman–Crippen MR) is 102 cm³/mol. The van der Waals surface area contributed by atoms with Crippen LogP contribution in [0, 0.1) is 20.8 Å². The average molecular weight is 374 g/mol. The maximum atomic E-state index is 12.6. The van der Waals surface area contributed by atoms with Gasteiger partial charge in [-0.1, -0.05) is 6.07 Å². The van der Waals surface area contributed by atoms with Crippen molar-refractivity contribution >= 4 is 34.1 Å². The molecule has 0 fully saturated rings. The number of nitrogens with one attached hydrogen (secondary N) is 1. The summed E-state index contributed by atoms with van der Waals surface area (Å²) in [7, 11) is 4.53. The summed E-state index contributed by atoms with van der Waals surface area (Å²) in [5.74, 6) is -1.17. The number of amides is 2. The average Bonchev–Trinajstić information content (AvgIpc) is 2.91. The molecule has 2 amide bonds. The minimum Gasteiger partial charge on any atom is -0.465 e. The topological polar surface area (TPSA) is 75.7 Å². The molecule has 7 heteroatoms. The summed E-state index contributed by atoms with van der Waals surface area (Å²) in [4.78, 5) is 39.0. The van der Waals surface area contributed by atoms with Gasteiger partial charge < -0.3 is 15.0 Å². The molecule has 0 saturated heterocycles. The van der Waals surface area contributed by atoms with E-state index in [0.29, 0.717) is 21.0 Å². The maximum Gasteiger partial charge on any atom is 0.341 e. The summed E-state index contributed by atoms with van der Waals surface area (Å²) in [6.45, 7) is 5.56. The van der Waals surface area contributed by atoms with Crippen LogP contribution in [0.2, 0.25) is 0 Å². The van der Waals surface area contributed by atoms with Crippen molar-refractivity contribution in [3.63, 3.8) is 0 Å². The maximum absolute atomic E-state index is 12.6. The van der Waals surface area contributed by atoms with Crippen molar-refractivity contribution in [1.82, 2.24) is 4.90 Å². The number of aryl methyl sites for hydroxylation is 2. The minimum absolute atomic E-state index is 0.208. The lowest BCUT2D eigenvalue weighted by molar-refractivity contribution is 0.0601. The summed E-state index contributed by atoms with van der Waals surface area (Å²) < 4.78 is 4.82. The minimum atomic E-state index is -0.591. The Morgan fingerprint density at radius 1 is 1.08 bits per heavy atom. The number of rotatable bonds is 4. The summed E-state index contributed by atoms with van der Waals surface area (Å²) in [5, 5.41) is 3.06. The quantitative estimate of drug-likeness (QED) is 0.832. The molecule has 26 heavy (non-hydrogen) atoms. The highest BCUT2D eigenvalue weighted by atomic mass is 32.1. The fourth-order valence-corrected chi connectivity index (χ4v) is 3.63. The third-order valence-corrected chi connectivity index (χ3v) is 5.33. The largest absolute Gasteiger partial charge is 0.465 e. The second-order valence-electron chi connectivity index (χ2n) is 6.20. The molecule has 0 aliphatic carbocycles. The van der Waals surface area contributed by atoms with E-state index in [1.54, 1.807) is 33.2 Å². The van der Waals surface area contributed by atoms with E-state index in [2.05, 4.69) is 5.32 Å². The number of hydrogen-bond donors (Lipinski definition) is 1. The van der Waals surface area contributed by atoms with Crippen LogP contribution in [0.25, 0.3) is 0 Å². The Morgan fingerprint density at radius 2 is 1.73 bits per heavy atom. The van der Waals surface area contributed by atoms with Crippen molar-refractivity contribution in [2.75, 3.05) is 26.5 Å². The summed E-state index contributed by atoms with van der Waals surface area (Å²) >= 11 is 1.07. The van der Waals surface area contributed by atoms with Gasteiger partial charge in [0.15, 0.2) is 0 Å². The van der Waals surface area contributed by atoms with E-state index < -0.39 is 5.97 Å². The molecule has 0 radical (unpaired) electrons. The molecule has 1 aromatic heterocycles. The van der Waals surface area contributed by atoms with Gasteiger partial charge in [0.25, 0.3) is 11.8 Å². The normalized spacial score (nSPS) is 10.4. The third kappa shape index (κ3) is 3.77. The molecule has 1 aromatic carbocycles. The van der Waals surface area contributed by atoms with Crippen LogP contribution in [-0.2, 0) is 4.74 Å². The van der Waals surface area contributed by atoms with Crippen LogP contribution in [-0.4, -0.2) is 43.9 Å². The van der Waals surface area contributed by atoms with E-state index in [9.17, 15) is 14.4 Å². The molecule has 1 N–H and O–H groups in total. The van der Waals surface area contributed by atoms with Gasteiger partial charge in [0, 0.05) is 19.7 Å². The van der Waals surface area contributed by atoms with Crippen LogP contribution in [0.3, 0.4) is 0 Å². The molecule has 1 heterocycles. The Labute approximate surface area is 156 Å². The zero-order valence-corrected chi connectivity index (χ0v) is 16.5. The van der Waals surface area contributed by atoms with E-state index in [4.69, 9.17) is 4.74 Å². The second-order valence-corrected chi connectivity index (χ2v) is 7.23. The van der Waals surface area contributed by atoms with Gasteiger partial charge in [-0.05, 0) is 49.6 Å². The molecule has 2 aromatic rings. The smallest absolute Gasteiger partial charge is 0.341 e. The molecular weight excluding hydrogens is 352 g/mol. The van der Waals surface area contributed by atoms with Crippen LogP contribution >= 0.6 is 11.3 Å². The number of thiophene rings is 1. The summed E-state index contributed by atoms with van der Waals surface area (Å²) in [6, 6.07) is 5.38. The van der Waals surface area contributed by atoms with E-state index in [-0.39, 0.29) is 17.4 Å². The van der Waals surface area contributed by atoms with Gasteiger partial charge >= 0.3 is 5.97 Å². The Bertz CT molecular complexity index is 884. The highest BCUT2D eigenvalue weighted by Gasteiger charge is 2.27. The zero-order valence-electron chi connectivity index (χ0n) is 15.7. The standard InChI is InChI=1S/C19H22N2O4S/c1-10-7-8-13(9-11(10)2)16(22)20-17-14(19(24)25-6)12(3)15(26-17)18(23)21(4)5/h7-9H,1-6H3,(H,20,22). The highest BCUT2D eigenvalue weighted by Crippen LogP contribution is 2.34. The molecule has 0 spiro atoms. The fraction of sp³-hybridized carbons (Fsp3) is 0.316. The number of methoxy groups -OCH3 is 1. The van der Waals surface area contributed by atoms with E-state index in [1.807, 2.05) is 19.9 Å². The first-order valence-electron chi connectivity index (χ1n) is 7.99. The Morgan fingerprint density at radius 3 is 2.27 bits per heavy atom. The van der Waals surface area contributed by atoms with E-state index in [1.165, 1.54) is 12.0 Å². The van der Waals surface area contributed by atoms with Gasteiger partial charge in [-0.15, -0.1) is 11.3 Å². The van der Waals surface area contributed by atoms with Crippen LogP contribution < -0.4 is 5.32 Å². The van der Waals surface area contributed by atoms with Crippen molar-refractivity contribution in [1.29, 1.82) is 0 Å². The second kappa shape index (κ2) is 7.70. The first-order chi connectivity index (χ1) is 12.2. The van der Waals surface area contributed by atoms with Crippen molar-refractivity contribution < 1.29 is 19.1 Å². The summed E-state index contributed by atoms with van der Waals surface area (Å²) in [5.41, 5.74) is 3.27. The SMILES string of the molecule is COC(=O)c1c(NC(=O)c2ccc(C)c(C)c2)sc(C(=O)N(C)C)c1C. The number of nitrogens with zero attached hydrogens (tertiary/aromatic N) is 1. The summed E-state index contributed by atoms with van der Waals surface area (Å²) in [6.07, 6.45) is 0. The molecule has 0 aliphatic heterocycles. The first-order valence-corrected chi connectivity index (χ1v) is 8.81. The first kappa shape index (κ1) is 19.7. The molecule has 138 valence electrons. The Kier molecular flexibility index (Phi) is 5.82. The zero-order chi connectivity index (χ0) is 19.6. The predicted octanol–water partition coefficient (Wildman–Crippen LogP) is 3.41. The van der Waals surface area contributed by atoms with Crippen molar-refractivity contribution in [3.8, 4) is 0 Å². The Hall–Kier alpha value is -2.67. The van der Waals surface area contributed by atoms with Gasteiger partial charge in [0.2, 0.25) is 0 Å². The molecular formula is C19H22N2O4S. The monoisotopic (exact) mass is 374 g/mol. The van der Waals surface area contributed by atoms with Crippen LogP contribution in [0.1, 0.15) is 47.1 Å². The number of carbonyl (C=O) groups excluding carboxylic acids is 3. The lowest BCUT2D eigenvalue weighted by atomic mass is 10.1.